The predicted molar refractivity (Wildman–Crippen MR) is 46.7 cm³/mol. The first-order valence-electron chi connectivity index (χ1n) is 3.62. The zero-order chi connectivity index (χ0) is 8.72. The summed E-state index contributed by atoms with van der Waals surface area (Å²) in [4.78, 5) is 3.89. The third-order valence-electron chi connectivity index (χ3n) is 1.76. The first-order chi connectivity index (χ1) is 5.68. The van der Waals surface area contributed by atoms with Crippen LogP contribution < -0.4 is 0 Å². The standard InChI is InChI=1S/C7H6BrF2NS/c8-5-4(6(9)10)11-7(12-5)3-1-2-3/h3,6H,1-2H2. The summed E-state index contributed by atoms with van der Waals surface area (Å²) >= 11 is 4.43. The van der Waals surface area contributed by atoms with Crippen molar-refractivity contribution in [2.24, 2.45) is 0 Å². The molecule has 0 unspecified atom stereocenters. The Kier molecular flexibility index (Phi) is 2.16. The minimum absolute atomic E-state index is 0.0955. The maximum Gasteiger partial charge on any atom is 0.282 e. The van der Waals surface area contributed by atoms with Gasteiger partial charge in [-0.05, 0) is 28.8 Å². The van der Waals surface area contributed by atoms with Crippen LogP contribution in [0.15, 0.2) is 3.79 Å². The third-order valence-corrected chi connectivity index (χ3v) is 3.67. The van der Waals surface area contributed by atoms with Crippen LogP contribution in [-0.4, -0.2) is 4.98 Å². The molecule has 66 valence electrons. The number of alkyl halides is 2. The predicted octanol–water partition coefficient (Wildman–Crippen LogP) is 3.72. The summed E-state index contributed by atoms with van der Waals surface area (Å²) in [5, 5.41) is 0.858. The summed E-state index contributed by atoms with van der Waals surface area (Å²) in [5.74, 6) is 0.457. The number of thiazole rings is 1. The Bertz CT molecular complexity index is 296. The lowest BCUT2D eigenvalue weighted by Gasteiger charge is -1.91. The monoisotopic (exact) mass is 253 g/mol. The van der Waals surface area contributed by atoms with Crippen LogP contribution in [0, 0.1) is 0 Å². The van der Waals surface area contributed by atoms with Crippen molar-refractivity contribution in [1.82, 2.24) is 4.98 Å². The molecule has 5 heteroatoms. The zero-order valence-corrected chi connectivity index (χ0v) is 8.46. The van der Waals surface area contributed by atoms with Gasteiger partial charge in [-0.25, -0.2) is 13.8 Å². The Balaban J connectivity index is 2.30. The highest BCUT2D eigenvalue weighted by Crippen LogP contribution is 2.45. The molecule has 1 aromatic rings. The van der Waals surface area contributed by atoms with Gasteiger partial charge in [0, 0.05) is 5.92 Å². The van der Waals surface area contributed by atoms with E-state index >= 15 is 0 Å². The molecule has 0 atom stereocenters. The molecule has 0 aromatic carbocycles. The summed E-state index contributed by atoms with van der Waals surface area (Å²) in [6, 6.07) is 0. The fourth-order valence-electron chi connectivity index (χ4n) is 0.969. The van der Waals surface area contributed by atoms with Crippen molar-refractivity contribution in [3.63, 3.8) is 0 Å². The molecule has 0 saturated heterocycles. The average molecular weight is 254 g/mol. The van der Waals surface area contributed by atoms with Crippen LogP contribution in [0.3, 0.4) is 0 Å². The second-order valence-corrected chi connectivity index (χ2v) is 5.13. The third kappa shape index (κ3) is 1.52. The van der Waals surface area contributed by atoms with Gasteiger partial charge >= 0.3 is 0 Å². The largest absolute Gasteiger partial charge is 0.282 e. The van der Waals surface area contributed by atoms with Crippen LogP contribution in [0.25, 0.3) is 0 Å². The van der Waals surface area contributed by atoms with Crippen molar-refractivity contribution in [3.8, 4) is 0 Å². The molecule has 1 nitrogen and oxygen atoms in total. The van der Waals surface area contributed by atoms with E-state index in [1.54, 1.807) is 0 Å². The molecular weight excluding hydrogens is 248 g/mol. The zero-order valence-electron chi connectivity index (χ0n) is 6.06. The highest BCUT2D eigenvalue weighted by molar-refractivity contribution is 9.11. The van der Waals surface area contributed by atoms with Gasteiger partial charge in [-0.2, -0.15) is 0 Å². The summed E-state index contributed by atoms with van der Waals surface area (Å²) in [6.45, 7) is 0. The van der Waals surface area contributed by atoms with Crippen molar-refractivity contribution in [3.05, 3.63) is 14.5 Å². The van der Waals surface area contributed by atoms with Gasteiger partial charge in [0.15, 0.2) is 0 Å². The van der Waals surface area contributed by atoms with Gasteiger partial charge in [-0.1, -0.05) is 0 Å². The van der Waals surface area contributed by atoms with Crippen LogP contribution in [0.1, 0.15) is 35.9 Å². The van der Waals surface area contributed by atoms with Crippen molar-refractivity contribution in [2.75, 3.05) is 0 Å². The Morgan fingerprint density at radius 2 is 2.17 bits per heavy atom. The fourth-order valence-corrected chi connectivity index (χ4v) is 2.70. The second-order valence-electron chi connectivity index (χ2n) is 2.79. The van der Waals surface area contributed by atoms with Gasteiger partial charge < -0.3 is 0 Å². The lowest BCUT2D eigenvalue weighted by atomic mass is 10.4. The van der Waals surface area contributed by atoms with Crippen molar-refractivity contribution < 1.29 is 8.78 Å². The second kappa shape index (κ2) is 3.03. The number of halogens is 3. The van der Waals surface area contributed by atoms with Gasteiger partial charge in [-0.15, -0.1) is 11.3 Å². The Hall–Kier alpha value is -0.0300. The molecule has 1 aliphatic carbocycles. The number of rotatable bonds is 2. The molecule has 2 rings (SSSR count). The highest BCUT2D eigenvalue weighted by Gasteiger charge is 2.29. The number of nitrogens with zero attached hydrogens (tertiary/aromatic N) is 1. The van der Waals surface area contributed by atoms with E-state index < -0.39 is 6.43 Å². The molecule has 0 amide bonds. The maximum absolute atomic E-state index is 12.2. The van der Waals surface area contributed by atoms with E-state index in [1.807, 2.05) is 0 Å². The molecule has 1 fully saturated rings. The molecule has 1 heterocycles. The molecule has 1 aliphatic rings. The smallest absolute Gasteiger partial charge is 0.239 e. The molecule has 1 saturated carbocycles. The molecular formula is C7H6BrF2NS. The van der Waals surface area contributed by atoms with Crippen LogP contribution in [0.4, 0.5) is 8.78 Å². The lowest BCUT2D eigenvalue weighted by molar-refractivity contribution is 0.146. The Labute approximate surface area is 80.9 Å². The number of hydrogen-bond donors (Lipinski definition) is 0. The fraction of sp³-hybridized carbons (Fsp3) is 0.571. The van der Waals surface area contributed by atoms with Crippen LogP contribution in [0.2, 0.25) is 0 Å². The summed E-state index contributed by atoms with van der Waals surface area (Å²) in [6.07, 6.45) is -0.256. The molecule has 12 heavy (non-hydrogen) atoms. The molecule has 0 bridgehead atoms. The van der Waals surface area contributed by atoms with Crippen molar-refractivity contribution >= 4 is 27.3 Å². The van der Waals surface area contributed by atoms with Crippen molar-refractivity contribution in [1.29, 1.82) is 0 Å². The van der Waals surface area contributed by atoms with Crippen LogP contribution >= 0.6 is 27.3 Å². The lowest BCUT2D eigenvalue weighted by Crippen LogP contribution is -1.85. The molecule has 0 radical (unpaired) electrons. The number of hydrogen-bond acceptors (Lipinski definition) is 2. The van der Waals surface area contributed by atoms with E-state index in [0.717, 1.165) is 17.8 Å². The molecule has 0 aliphatic heterocycles. The number of aromatic nitrogens is 1. The van der Waals surface area contributed by atoms with Crippen LogP contribution in [0.5, 0.6) is 0 Å². The SMILES string of the molecule is FC(F)c1nc(C2CC2)sc1Br. The van der Waals surface area contributed by atoms with E-state index in [4.69, 9.17) is 0 Å². The first kappa shape index (κ1) is 8.56. The van der Waals surface area contributed by atoms with E-state index in [0.29, 0.717) is 9.70 Å². The highest BCUT2D eigenvalue weighted by atomic mass is 79.9. The van der Waals surface area contributed by atoms with E-state index in [2.05, 4.69) is 20.9 Å². The Morgan fingerprint density at radius 3 is 2.58 bits per heavy atom. The van der Waals surface area contributed by atoms with E-state index in [-0.39, 0.29) is 5.69 Å². The van der Waals surface area contributed by atoms with Crippen LogP contribution in [-0.2, 0) is 0 Å². The van der Waals surface area contributed by atoms with E-state index in [9.17, 15) is 8.78 Å². The minimum Gasteiger partial charge on any atom is -0.239 e. The topological polar surface area (TPSA) is 12.9 Å². The van der Waals surface area contributed by atoms with E-state index in [1.165, 1.54) is 11.3 Å². The maximum atomic E-state index is 12.2. The quantitative estimate of drug-likeness (QED) is 0.783. The summed E-state index contributed by atoms with van der Waals surface area (Å²) in [5.41, 5.74) is -0.0955. The minimum atomic E-state index is -2.46. The first-order valence-corrected chi connectivity index (χ1v) is 5.23. The summed E-state index contributed by atoms with van der Waals surface area (Å²) in [7, 11) is 0. The van der Waals surface area contributed by atoms with Gasteiger partial charge in [0.25, 0.3) is 6.43 Å². The Morgan fingerprint density at radius 1 is 1.50 bits per heavy atom. The molecule has 1 aromatic heterocycles. The van der Waals surface area contributed by atoms with Gasteiger partial charge in [0.05, 0.1) is 8.79 Å². The van der Waals surface area contributed by atoms with Gasteiger partial charge in [0.1, 0.15) is 5.69 Å². The van der Waals surface area contributed by atoms with Gasteiger partial charge in [-0.3, -0.25) is 0 Å². The normalized spacial score (nSPS) is 17.3. The average Bonchev–Trinajstić information content (AvgIpc) is 2.75. The summed E-state index contributed by atoms with van der Waals surface area (Å²) < 4.78 is 25.0. The molecule has 0 spiro atoms. The van der Waals surface area contributed by atoms with Crippen molar-refractivity contribution in [2.45, 2.75) is 25.2 Å². The molecule has 0 N–H and O–H groups in total. The van der Waals surface area contributed by atoms with Gasteiger partial charge in [0.2, 0.25) is 0 Å².